The molecule has 9 rings (SSSR count). The Morgan fingerprint density at radius 2 is 1.90 bits per heavy atom. The van der Waals surface area contributed by atoms with Crippen LogP contribution in [-0.2, 0) is 19.3 Å². The molecule has 1 amide bonds. The number of thiophene rings is 1. The first-order valence-corrected chi connectivity index (χ1v) is 17.6. The zero-order chi connectivity index (χ0) is 34.1. The van der Waals surface area contributed by atoms with E-state index in [1.54, 1.807) is 36.6 Å². The van der Waals surface area contributed by atoms with Crippen LogP contribution in [0.5, 0.6) is 5.75 Å². The lowest BCUT2D eigenvalue weighted by atomic mass is 9.93. The number of hydrogen-bond acceptors (Lipinski definition) is 9. The molecule has 0 spiro atoms. The van der Waals surface area contributed by atoms with Crippen molar-refractivity contribution in [1.82, 2.24) is 25.1 Å². The van der Waals surface area contributed by atoms with Gasteiger partial charge in [0.05, 0.1) is 41.7 Å². The van der Waals surface area contributed by atoms with Crippen molar-refractivity contribution in [1.29, 1.82) is 0 Å². The molecule has 2 aliphatic heterocycles. The number of halogens is 2. The highest BCUT2D eigenvalue weighted by Gasteiger charge is 2.45. The van der Waals surface area contributed by atoms with Crippen LogP contribution in [-0.4, -0.2) is 44.6 Å². The summed E-state index contributed by atoms with van der Waals surface area (Å²) < 4.78 is 40.7. The summed E-state index contributed by atoms with van der Waals surface area (Å²) in [6.07, 6.45) is 6.14. The Morgan fingerprint density at radius 1 is 1.04 bits per heavy atom. The maximum absolute atomic E-state index is 14.5. The number of nitrogens with zero attached hydrogens (tertiary/aromatic N) is 5. The van der Waals surface area contributed by atoms with E-state index < -0.39 is 0 Å². The van der Waals surface area contributed by atoms with Crippen LogP contribution >= 0.6 is 11.3 Å². The molecule has 6 heterocycles. The van der Waals surface area contributed by atoms with E-state index in [1.807, 2.05) is 17.0 Å². The minimum Gasteiger partial charge on any atom is -0.493 e. The van der Waals surface area contributed by atoms with Crippen LogP contribution in [0.2, 0.25) is 0 Å². The summed E-state index contributed by atoms with van der Waals surface area (Å²) in [5.41, 5.74) is 6.36. The number of amides is 1. The zero-order valence-corrected chi connectivity index (χ0v) is 28.2. The topological polar surface area (TPSA) is 106 Å². The Hall–Kier alpha value is -5.23. The number of aromatic nitrogens is 4. The number of rotatable bonds is 8. The van der Waals surface area contributed by atoms with Crippen molar-refractivity contribution in [3.8, 4) is 27.6 Å². The van der Waals surface area contributed by atoms with Crippen LogP contribution in [0.3, 0.4) is 0 Å². The minimum atomic E-state index is -0.362. The Bertz CT molecular complexity index is 2320. The minimum absolute atomic E-state index is 0.0368. The summed E-state index contributed by atoms with van der Waals surface area (Å²) >= 11 is 1.57. The first kappa shape index (κ1) is 30.8. The van der Waals surface area contributed by atoms with Gasteiger partial charge in [-0.3, -0.25) is 9.78 Å². The van der Waals surface area contributed by atoms with Gasteiger partial charge in [-0.15, -0.1) is 21.5 Å². The molecular weight excluding hydrogens is 659 g/mol. The number of methoxy groups -OCH3 is 1. The van der Waals surface area contributed by atoms with Crippen molar-refractivity contribution in [2.24, 2.45) is 0 Å². The molecule has 0 radical (unpaired) electrons. The predicted octanol–water partition coefficient (Wildman–Crippen LogP) is 8.18. The lowest BCUT2D eigenvalue weighted by Gasteiger charge is -2.16. The molecule has 1 aliphatic carbocycles. The quantitative estimate of drug-likeness (QED) is 0.171. The maximum atomic E-state index is 14.5. The van der Waals surface area contributed by atoms with Crippen LogP contribution in [0, 0.1) is 18.6 Å². The Labute approximate surface area is 290 Å². The molecule has 2 aromatic carbocycles. The Morgan fingerprint density at radius 3 is 2.70 bits per heavy atom. The molecule has 1 saturated heterocycles. The van der Waals surface area contributed by atoms with Crippen LogP contribution in [0.1, 0.15) is 75.7 Å². The first-order chi connectivity index (χ1) is 24.4. The largest absolute Gasteiger partial charge is 0.493 e. The van der Waals surface area contributed by atoms with Gasteiger partial charge in [0.1, 0.15) is 11.6 Å². The first-order valence-electron chi connectivity index (χ1n) is 16.8. The number of anilines is 1. The molecule has 12 heteroatoms. The fraction of sp³-hybridized carbons (Fsp3) is 0.289. The van der Waals surface area contributed by atoms with Crippen molar-refractivity contribution in [3.05, 3.63) is 106 Å². The molecule has 50 heavy (non-hydrogen) atoms. The van der Waals surface area contributed by atoms with E-state index in [0.29, 0.717) is 60.3 Å². The van der Waals surface area contributed by atoms with Crippen molar-refractivity contribution < 1.29 is 22.7 Å². The molecule has 1 fully saturated rings. The Balaban J connectivity index is 1.20. The third kappa shape index (κ3) is 4.95. The van der Waals surface area contributed by atoms with E-state index in [-0.39, 0.29) is 29.6 Å². The summed E-state index contributed by atoms with van der Waals surface area (Å²) in [7, 11) is 1.50. The van der Waals surface area contributed by atoms with Crippen LogP contribution in [0.15, 0.2) is 59.1 Å². The van der Waals surface area contributed by atoms with Gasteiger partial charge in [-0.05, 0) is 80.0 Å². The number of hydrogen-bond donors (Lipinski definition) is 1. The SMILES string of the molecule is COc1c(F)ccc2c1CCC2Nc1nccc2sc(-c3c4c(nc(CCc5ccc(F)cc5)c3-c3nnc(C)o3)[C@@H]3CCCN3C4=O)cc12. The smallest absolute Gasteiger partial charge is 0.257 e. The lowest BCUT2D eigenvalue weighted by molar-refractivity contribution is 0.0776. The van der Waals surface area contributed by atoms with Crippen LogP contribution in [0.25, 0.3) is 32.0 Å². The molecule has 1 unspecified atom stereocenters. The van der Waals surface area contributed by atoms with Gasteiger partial charge >= 0.3 is 0 Å². The van der Waals surface area contributed by atoms with Crippen molar-refractivity contribution >= 4 is 33.1 Å². The zero-order valence-electron chi connectivity index (χ0n) is 27.4. The number of aryl methyl sites for hydroxylation is 3. The molecule has 6 aromatic rings. The number of nitrogens with one attached hydrogen (secondary N) is 1. The molecule has 0 saturated carbocycles. The Kier molecular flexibility index (Phi) is 7.38. The normalized spacial score (nSPS) is 17.8. The summed E-state index contributed by atoms with van der Waals surface area (Å²) in [5.74, 6) is 1.03. The highest BCUT2D eigenvalue weighted by atomic mass is 32.1. The van der Waals surface area contributed by atoms with E-state index in [9.17, 15) is 13.6 Å². The van der Waals surface area contributed by atoms with E-state index in [1.165, 1.54) is 25.3 Å². The average molecular weight is 691 g/mol. The van der Waals surface area contributed by atoms with Gasteiger partial charge in [0.2, 0.25) is 11.8 Å². The second kappa shape index (κ2) is 12.0. The molecule has 3 aliphatic rings. The van der Waals surface area contributed by atoms with Crippen molar-refractivity contribution in [3.63, 3.8) is 0 Å². The fourth-order valence-corrected chi connectivity index (χ4v) is 9.01. The lowest BCUT2D eigenvalue weighted by Crippen LogP contribution is -2.22. The highest BCUT2D eigenvalue weighted by molar-refractivity contribution is 7.22. The van der Waals surface area contributed by atoms with Gasteiger partial charge in [-0.25, -0.2) is 13.8 Å². The van der Waals surface area contributed by atoms with Gasteiger partial charge in [0.25, 0.3) is 5.91 Å². The second-order valence-electron chi connectivity index (χ2n) is 13.0. The van der Waals surface area contributed by atoms with Crippen molar-refractivity contribution in [2.45, 2.75) is 57.5 Å². The summed E-state index contributed by atoms with van der Waals surface area (Å²) in [5, 5.41) is 13.1. The summed E-state index contributed by atoms with van der Waals surface area (Å²) in [4.78, 5) is 27.0. The van der Waals surface area contributed by atoms with E-state index >= 15 is 0 Å². The third-order valence-electron chi connectivity index (χ3n) is 10.2. The van der Waals surface area contributed by atoms with Gasteiger partial charge in [0, 0.05) is 45.8 Å². The third-order valence-corrected chi connectivity index (χ3v) is 11.3. The van der Waals surface area contributed by atoms with E-state index in [4.69, 9.17) is 19.1 Å². The molecule has 252 valence electrons. The average Bonchev–Trinajstić information content (AvgIpc) is 3.96. The van der Waals surface area contributed by atoms with Crippen LogP contribution < -0.4 is 10.1 Å². The standard InChI is InChI=1S/C38H32F2N6O3S/c1-19-44-45-37(49-19)31-27(13-7-20-5-8-21(39)9-6-20)42-34-28-4-3-17-46(28)38(47)33(34)32(31)30-18-24-29(50-30)15-16-41-36(24)43-26-14-11-23-22(26)10-12-25(40)35(23)48-2/h5-6,8-10,12,15-16,18,26,28H,3-4,7,11,13-14,17H2,1-2H3,(H,41,43)/t26?,28-/m0/s1. The monoisotopic (exact) mass is 690 g/mol. The number of carbonyl (C=O) groups excluding carboxylic acids is 1. The number of fused-ring (bicyclic) bond motifs is 5. The fourth-order valence-electron chi connectivity index (χ4n) is 7.90. The summed E-state index contributed by atoms with van der Waals surface area (Å²) in [6.45, 7) is 2.42. The number of benzene rings is 2. The molecular formula is C38H32F2N6O3S. The second-order valence-corrected chi connectivity index (χ2v) is 14.1. The van der Waals surface area contributed by atoms with E-state index in [0.717, 1.165) is 67.9 Å². The number of ether oxygens (including phenoxy) is 1. The maximum Gasteiger partial charge on any atom is 0.257 e. The van der Waals surface area contributed by atoms with Gasteiger partial charge in [-0.2, -0.15) is 0 Å². The molecule has 2 atom stereocenters. The highest BCUT2D eigenvalue weighted by Crippen LogP contribution is 2.50. The van der Waals surface area contributed by atoms with Crippen molar-refractivity contribution in [2.75, 3.05) is 19.0 Å². The number of carbonyl (C=O) groups is 1. The molecule has 9 nitrogen and oxygen atoms in total. The van der Waals surface area contributed by atoms with E-state index in [2.05, 4.69) is 21.6 Å². The molecule has 0 bridgehead atoms. The van der Waals surface area contributed by atoms with Gasteiger partial charge in [-0.1, -0.05) is 18.2 Å². The number of pyridine rings is 2. The summed E-state index contributed by atoms with van der Waals surface area (Å²) in [6, 6.07) is 13.7. The van der Waals surface area contributed by atoms with Gasteiger partial charge < -0.3 is 19.4 Å². The van der Waals surface area contributed by atoms with Crippen LogP contribution in [0.4, 0.5) is 14.6 Å². The van der Waals surface area contributed by atoms with Gasteiger partial charge in [0.15, 0.2) is 11.6 Å². The molecule has 4 aromatic heterocycles. The predicted molar refractivity (Wildman–Crippen MR) is 185 cm³/mol. The molecule has 1 N–H and O–H groups in total.